The molecule has 146 valence electrons. The second-order valence-electron chi connectivity index (χ2n) is 6.25. The monoisotopic (exact) mass is 364 g/mol. The van der Waals surface area contributed by atoms with E-state index in [4.69, 9.17) is 19.2 Å². The summed E-state index contributed by atoms with van der Waals surface area (Å²) in [6.45, 7) is 10.1. The Balaban J connectivity index is 1.95. The van der Waals surface area contributed by atoms with Crippen molar-refractivity contribution in [1.82, 2.24) is 15.5 Å². The van der Waals surface area contributed by atoms with Gasteiger partial charge < -0.3 is 24.8 Å². The molecule has 1 saturated heterocycles. The molecule has 1 fully saturated rings. The average Bonchev–Trinajstić information content (AvgIpc) is 2.70. The van der Waals surface area contributed by atoms with E-state index in [9.17, 15) is 0 Å². The molecule has 7 nitrogen and oxygen atoms in total. The van der Waals surface area contributed by atoms with E-state index in [1.165, 1.54) is 0 Å². The number of rotatable bonds is 8. The Hall–Kier alpha value is -1.99. The summed E-state index contributed by atoms with van der Waals surface area (Å²) in [7, 11) is 3.31. The van der Waals surface area contributed by atoms with Gasteiger partial charge in [0, 0.05) is 43.9 Å². The molecule has 0 spiro atoms. The lowest BCUT2D eigenvalue weighted by molar-refractivity contribution is 0.0211. The van der Waals surface area contributed by atoms with Crippen LogP contribution in [0.25, 0.3) is 0 Å². The minimum Gasteiger partial charge on any atom is -0.497 e. The summed E-state index contributed by atoms with van der Waals surface area (Å²) in [5.74, 6) is 2.37. The van der Waals surface area contributed by atoms with E-state index in [-0.39, 0.29) is 0 Å². The maximum Gasteiger partial charge on any atom is 0.191 e. The number of hydrogen-bond donors (Lipinski definition) is 2. The molecule has 2 N–H and O–H groups in total. The summed E-state index contributed by atoms with van der Waals surface area (Å²) in [4.78, 5) is 7.13. The largest absolute Gasteiger partial charge is 0.497 e. The number of morpholine rings is 1. The standard InChI is InChI=1S/C19H32N4O3/c1-5-20-19(21-13-15(2)23-8-10-26-11-9-23)22-14-16-6-7-17(24-3)12-18(16)25-4/h6-7,12,15H,5,8-11,13-14H2,1-4H3,(H2,20,21,22). The SMILES string of the molecule is CCNC(=NCc1ccc(OC)cc1OC)NCC(C)N1CCOCC1. The Morgan fingerprint density at radius 2 is 2.00 bits per heavy atom. The first-order valence-electron chi connectivity index (χ1n) is 9.22. The van der Waals surface area contributed by atoms with Gasteiger partial charge in [0.2, 0.25) is 0 Å². The Morgan fingerprint density at radius 1 is 1.23 bits per heavy atom. The highest BCUT2D eigenvalue weighted by Crippen LogP contribution is 2.25. The third-order valence-electron chi connectivity index (χ3n) is 4.48. The molecule has 0 saturated carbocycles. The van der Waals surface area contributed by atoms with Gasteiger partial charge in [-0.05, 0) is 26.0 Å². The van der Waals surface area contributed by atoms with Crippen molar-refractivity contribution in [3.63, 3.8) is 0 Å². The third-order valence-corrected chi connectivity index (χ3v) is 4.48. The maximum atomic E-state index is 5.45. The van der Waals surface area contributed by atoms with Crippen LogP contribution in [0.2, 0.25) is 0 Å². The molecule has 26 heavy (non-hydrogen) atoms. The number of nitrogens with zero attached hydrogens (tertiary/aromatic N) is 2. The first-order chi connectivity index (χ1) is 12.7. The molecular formula is C19H32N4O3. The predicted molar refractivity (Wildman–Crippen MR) is 104 cm³/mol. The lowest BCUT2D eigenvalue weighted by Gasteiger charge is -2.32. The third kappa shape index (κ3) is 6.07. The van der Waals surface area contributed by atoms with E-state index in [1.807, 2.05) is 18.2 Å². The van der Waals surface area contributed by atoms with E-state index >= 15 is 0 Å². The number of aliphatic imine (C=N–C) groups is 1. The molecule has 1 aromatic carbocycles. The van der Waals surface area contributed by atoms with Crippen molar-refractivity contribution in [3.8, 4) is 11.5 Å². The van der Waals surface area contributed by atoms with Crippen molar-refractivity contribution in [2.75, 3.05) is 53.6 Å². The molecule has 1 atom stereocenters. The maximum absolute atomic E-state index is 5.45. The van der Waals surface area contributed by atoms with Gasteiger partial charge in [0.1, 0.15) is 11.5 Å². The summed E-state index contributed by atoms with van der Waals surface area (Å²) in [6, 6.07) is 6.22. The predicted octanol–water partition coefficient (Wildman–Crippen LogP) is 1.48. The first kappa shape index (κ1) is 20.3. The van der Waals surface area contributed by atoms with Gasteiger partial charge in [-0.1, -0.05) is 0 Å². The van der Waals surface area contributed by atoms with Crippen molar-refractivity contribution < 1.29 is 14.2 Å². The van der Waals surface area contributed by atoms with Crippen LogP contribution in [0.1, 0.15) is 19.4 Å². The van der Waals surface area contributed by atoms with E-state index in [0.717, 1.165) is 62.4 Å². The van der Waals surface area contributed by atoms with Crippen LogP contribution in [0.15, 0.2) is 23.2 Å². The highest BCUT2D eigenvalue weighted by atomic mass is 16.5. The Bertz CT molecular complexity index is 574. The number of ether oxygens (including phenoxy) is 3. The summed E-state index contributed by atoms with van der Waals surface area (Å²) in [6.07, 6.45) is 0. The van der Waals surface area contributed by atoms with Gasteiger partial charge in [0.05, 0.1) is 34.0 Å². The average molecular weight is 364 g/mol. The van der Waals surface area contributed by atoms with Crippen molar-refractivity contribution in [2.24, 2.45) is 4.99 Å². The van der Waals surface area contributed by atoms with Gasteiger partial charge in [0.15, 0.2) is 5.96 Å². The van der Waals surface area contributed by atoms with Crippen molar-refractivity contribution in [1.29, 1.82) is 0 Å². The Morgan fingerprint density at radius 3 is 2.65 bits per heavy atom. The second-order valence-corrected chi connectivity index (χ2v) is 6.25. The molecule has 0 radical (unpaired) electrons. The molecule has 0 amide bonds. The fourth-order valence-electron chi connectivity index (χ4n) is 2.88. The Kier molecular flexibility index (Phi) is 8.50. The van der Waals surface area contributed by atoms with Gasteiger partial charge in [-0.15, -0.1) is 0 Å². The van der Waals surface area contributed by atoms with E-state index in [1.54, 1.807) is 14.2 Å². The lowest BCUT2D eigenvalue weighted by Crippen LogP contribution is -2.49. The number of benzene rings is 1. The topological polar surface area (TPSA) is 67.4 Å². The first-order valence-corrected chi connectivity index (χ1v) is 9.22. The van der Waals surface area contributed by atoms with E-state index in [2.05, 4.69) is 29.4 Å². The smallest absolute Gasteiger partial charge is 0.191 e. The quantitative estimate of drug-likeness (QED) is 0.538. The normalized spacial score (nSPS) is 16.8. The van der Waals surface area contributed by atoms with Crippen LogP contribution in [0, 0.1) is 0 Å². The summed E-state index contributed by atoms with van der Waals surface area (Å²) >= 11 is 0. The highest BCUT2D eigenvalue weighted by molar-refractivity contribution is 5.79. The van der Waals surface area contributed by atoms with Crippen LogP contribution in [0.3, 0.4) is 0 Å². The minimum absolute atomic E-state index is 0.429. The summed E-state index contributed by atoms with van der Waals surface area (Å²) < 4.78 is 16.1. The number of hydrogen-bond acceptors (Lipinski definition) is 5. The van der Waals surface area contributed by atoms with Crippen LogP contribution in [-0.2, 0) is 11.3 Å². The van der Waals surface area contributed by atoms with Gasteiger partial charge in [-0.3, -0.25) is 4.90 Å². The molecule has 1 aliphatic rings. The zero-order valence-corrected chi connectivity index (χ0v) is 16.4. The second kappa shape index (κ2) is 10.9. The molecule has 0 aromatic heterocycles. The van der Waals surface area contributed by atoms with Crippen LogP contribution >= 0.6 is 0 Å². The molecule has 0 aliphatic carbocycles. The van der Waals surface area contributed by atoms with E-state index in [0.29, 0.717) is 12.6 Å². The highest BCUT2D eigenvalue weighted by Gasteiger charge is 2.17. The van der Waals surface area contributed by atoms with Crippen LogP contribution in [0.4, 0.5) is 0 Å². The zero-order chi connectivity index (χ0) is 18.8. The van der Waals surface area contributed by atoms with E-state index < -0.39 is 0 Å². The molecule has 1 heterocycles. The molecule has 7 heteroatoms. The van der Waals surface area contributed by atoms with Crippen molar-refractivity contribution in [2.45, 2.75) is 26.4 Å². The molecular weight excluding hydrogens is 332 g/mol. The van der Waals surface area contributed by atoms with Crippen LogP contribution in [0.5, 0.6) is 11.5 Å². The van der Waals surface area contributed by atoms with Crippen molar-refractivity contribution >= 4 is 5.96 Å². The van der Waals surface area contributed by atoms with Gasteiger partial charge >= 0.3 is 0 Å². The van der Waals surface area contributed by atoms with Gasteiger partial charge in [0.25, 0.3) is 0 Å². The number of nitrogens with one attached hydrogen (secondary N) is 2. The number of methoxy groups -OCH3 is 2. The zero-order valence-electron chi connectivity index (χ0n) is 16.4. The van der Waals surface area contributed by atoms with Crippen molar-refractivity contribution in [3.05, 3.63) is 23.8 Å². The summed E-state index contributed by atoms with van der Waals surface area (Å²) in [5, 5.41) is 6.74. The number of guanidine groups is 1. The molecule has 1 aromatic rings. The summed E-state index contributed by atoms with van der Waals surface area (Å²) in [5.41, 5.74) is 1.02. The minimum atomic E-state index is 0.429. The van der Waals surface area contributed by atoms with Gasteiger partial charge in [-0.2, -0.15) is 0 Å². The van der Waals surface area contributed by atoms with Gasteiger partial charge in [-0.25, -0.2) is 4.99 Å². The fraction of sp³-hybridized carbons (Fsp3) is 0.632. The molecule has 1 aliphatic heterocycles. The molecule has 2 rings (SSSR count). The van der Waals surface area contributed by atoms with Crippen LogP contribution in [-0.4, -0.2) is 70.5 Å². The van der Waals surface area contributed by atoms with Crippen LogP contribution < -0.4 is 20.1 Å². The Labute approximate surface area is 156 Å². The molecule has 0 bridgehead atoms. The molecule has 1 unspecified atom stereocenters. The fourth-order valence-corrected chi connectivity index (χ4v) is 2.88. The lowest BCUT2D eigenvalue weighted by atomic mass is 10.2.